The minimum atomic E-state index is -0.194. The van der Waals surface area contributed by atoms with E-state index in [1.54, 1.807) is 18.2 Å². The fraction of sp³-hybridized carbons (Fsp3) is 0.364. The Kier molecular flexibility index (Phi) is 8.83. The zero-order valence-corrected chi connectivity index (χ0v) is 12.4. The number of hydrogen-bond acceptors (Lipinski definition) is 1. The SMILES string of the molecule is O=C(P)c1c(Cl)cccc1Cl.[Li][CH2]C(C)C. The number of carbonyl (C=O) groups excluding carboxylic acids is 1. The summed E-state index contributed by atoms with van der Waals surface area (Å²) in [6.45, 7) is 4.44. The van der Waals surface area contributed by atoms with Crippen LogP contribution in [0.15, 0.2) is 18.2 Å². The quantitative estimate of drug-likeness (QED) is 0.580. The van der Waals surface area contributed by atoms with Crippen LogP contribution in [0.3, 0.4) is 0 Å². The summed E-state index contributed by atoms with van der Waals surface area (Å²) in [5.41, 5.74) is 0.168. The number of benzene rings is 1. The summed E-state index contributed by atoms with van der Waals surface area (Å²) in [5.74, 6) is 0.884. The maximum atomic E-state index is 10.9. The van der Waals surface area contributed by atoms with Crippen LogP contribution < -0.4 is 0 Å². The predicted octanol–water partition coefficient (Wildman–Crippen LogP) is 4.24. The van der Waals surface area contributed by atoms with Crippen LogP contribution >= 0.6 is 32.4 Å². The topological polar surface area (TPSA) is 17.1 Å². The van der Waals surface area contributed by atoms with Crippen LogP contribution in [-0.4, -0.2) is 23.2 Å². The van der Waals surface area contributed by atoms with Crippen LogP contribution in [-0.2, 0) is 0 Å². The van der Waals surface area contributed by atoms with Gasteiger partial charge in [-0.15, -0.1) is 0 Å². The molecule has 1 nitrogen and oxygen atoms in total. The summed E-state index contributed by atoms with van der Waals surface area (Å²) in [7, 11) is 2.03. The van der Waals surface area contributed by atoms with E-state index in [-0.39, 0.29) is 5.52 Å². The second kappa shape index (κ2) is 8.57. The summed E-state index contributed by atoms with van der Waals surface area (Å²) in [4.78, 5) is 10.9. The van der Waals surface area contributed by atoms with E-state index in [1.165, 1.54) is 5.09 Å². The first kappa shape index (κ1) is 16.5. The van der Waals surface area contributed by atoms with Gasteiger partial charge in [-0.25, -0.2) is 0 Å². The van der Waals surface area contributed by atoms with Gasteiger partial charge in [-0.2, -0.15) is 0 Å². The van der Waals surface area contributed by atoms with Gasteiger partial charge in [-0.1, -0.05) is 38.5 Å². The molecule has 0 amide bonds. The van der Waals surface area contributed by atoms with E-state index in [2.05, 4.69) is 31.6 Å². The molecule has 16 heavy (non-hydrogen) atoms. The average molecular weight is 271 g/mol. The second-order valence-corrected chi connectivity index (χ2v) is 5.10. The zero-order valence-electron chi connectivity index (χ0n) is 9.76. The van der Waals surface area contributed by atoms with Gasteiger partial charge < -0.3 is 0 Å². The molecule has 1 atom stereocenters. The normalized spacial score (nSPS) is 9.75. The van der Waals surface area contributed by atoms with Crippen LogP contribution in [0.4, 0.5) is 0 Å². The summed E-state index contributed by atoms with van der Waals surface area (Å²) in [5, 5.41) is 2.08. The molecule has 0 bridgehead atoms. The molecule has 1 rings (SSSR count). The van der Waals surface area contributed by atoms with Crippen molar-refractivity contribution in [1.29, 1.82) is 0 Å². The Morgan fingerprint density at radius 1 is 1.38 bits per heavy atom. The third-order valence-corrected chi connectivity index (χ3v) is 2.94. The van der Waals surface area contributed by atoms with Crippen molar-refractivity contribution in [3.8, 4) is 0 Å². The summed E-state index contributed by atoms with van der Waals surface area (Å²) < 4.78 is 0. The molecule has 0 heterocycles. The zero-order chi connectivity index (χ0) is 12.7. The molecular formula is C11H14Cl2LiOP. The molecule has 0 saturated carbocycles. The van der Waals surface area contributed by atoms with E-state index in [1.807, 2.05) is 9.24 Å². The molecule has 1 aromatic rings. The summed E-state index contributed by atoms with van der Waals surface area (Å²) in [6, 6.07) is 4.96. The Balaban J connectivity index is 0.000000385. The number of halogens is 2. The standard InChI is InChI=1S/C7H5Cl2OP.C4H9.Li/c8-4-2-1-3-5(9)6(4)7(10)11;1-4(2)3;/h1-3H,11H2;4H,1H2,2-3H3;. The van der Waals surface area contributed by atoms with Gasteiger partial charge in [0.2, 0.25) is 0 Å². The van der Waals surface area contributed by atoms with Gasteiger partial charge in [-0.3, -0.25) is 4.79 Å². The summed E-state index contributed by atoms with van der Waals surface area (Å²) in [6.07, 6.45) is 0. The first-order valence-corrected chi connectivity index (χ1v) is 6.47. The molecule has 0 aromatic heterocycles. The molecule has 0 radical (unpaired) electrons. The maximum absolute atomic E-state index is 10.9. The van der Waals surface area contributed by atoms with Gasteiger partial charge in [0.05, 0.1) is 15.6 Å². The van der Waals surface area contributed by atoms with E-state index in [0.717, 1.165) is 5.92 Å². The first-order valence-electron chi connectivity index (χ1n) is 5.13. The first-order chi connectivity index (χ1) is 7.40. The van der Waals surface area contributed by atoms with Crippen LogP contribution in [0.1, 0.15) is 24.2 Å². The Morgan fingerprint density at radius 3 is 1.94 bits per heavy atom. The van der Waals surface area contributed by atoms with Crippen molar-refractivity contribution in [1.82, 2.24) is 0 Å². The van der Waals surface area contributed by atoms with Crippen molar-refractivity contribution in [2.24, 2.45) is 5.92 Å². The monoisotopic (exact) mass is 270 g/mol. The molecule has 84 valence electrons. The molecule has 0 aliphatic heterocycles. The molecular weight excluding hydrogens is 257 g/mol. The molecule has 0 N–H and O–H groups in total. The van der Waals surface area contributed by atoms with Gasteiger partial charge in [0.15, 0.2) is 5.52 Å². The Hall–Kier alpha value is 0.497. The molecule has 0 saturated heterocycles. The summed E-state index contributed by atoms with van der Waals surface area (Å²) >= 11 is 13.6. The van der Waals surface area contributed by atoms with Gasteiger partial charge in [0, 0.05) is 0 Å². The van der Waals surface area contributed by atoms with Crippen LogP contribution in [0.2, 0.25) is 15.1 Å². The Labute approximate surface area is 119 Å². The van der Waals surface area contributed by atoms with E-state index in [4.69, 9.17) is 23.2 Å². The Morgan fingerprint density at radius 2 is 1.75 bits per heavy atom. The Bertz CT molecular complexity index is 336. The fourth-order valence-electron chi connectivity index (χ4n) is 0.733. The van der Waals surface area contributed by atoms with Crippen molar-refractivity contribution < 1.29 is 4.79 Å². The molecule has 1 unspecified atom stereocenters. The van der Waals surface area contributed by atoms with E-state index in [9.17, 15) is 4.79 Å². The molecule has 5 heteroatoms. The second-order valence-electron chi connectivity index (χ2n) is 3.76. The van der Waals surface area contributed by atoms with Crippen LogP contribution in [0.5, 0.6) is 0 Å². The fourth-order valence-corrected chi connectivity index (χ4v) is 1.81. The van der Waals surface area contributed by atoms with Gasteiger partial charge in [0.25, 0.3) is 0 Å². The van der Waals surface area contributed by atoms with Gasteiger partial charge in [-0.05, 0) is 12.1 Å². The predicted molar refractivity (Wildman–Crippen MR) is 75.9 cm³/mol. The van der Waals surface area contributed by atoms with Crippen LogP contribution in [0, 0.1) is 5.92 Å². The van der Waals surface area contributed by atoms with Gasteiger partial charge >= 0.3 is 42.6 Å². The third kappa shape index (κ3) is 6.29. The van der Waals surface area contributed by atoms with Crippen molar-refractivity contribution >= 4 is 55.7 Å². The molecule has 1 aromatic carbocycles. The van der Waals surface area contributed by atoms with E-state index in [0.29, 0.717) is 15.6 Å². The van der Waals surface area contributed by atoms with Crippen molar-refractivity contribution in [2.45, 2.75) is 18.9 Å². The van der Waals surface area contributed by atoms with Crippen LogP contribution in [0.25, 0.3) is 0 Å². The number of rotatable bonds is 2. The minimum absolute atomic E-state index is 0.194. The molecule has 0 aliphatic carbocycles. The number of carbonyl (C=O) groups is 1. The third-order valence-electron chi connectivity index (χ3n) is 2.03. The van der Waals surface area contributed by atoms with E-state index < -0.39 is 0 Å². The molecule has 0 fully saturated rings. The molecule has 0 spiro atoms. The van der Waals surface area contributed by atoms with Crippen molar-refractivity contribution in [2.75, 3.05) is 0 Å². The van der Waals surface area contributed by atoms with Gasteiger partial charge in [0.1, 0.15) is 0 Å². The average Bonchev–Trinajstić information content (AvgIpc) is 2.17. The number of hydrogen-bond donors (Lipinski definition) is 0. The molecule has 0 aliphatic rings. The van der Waals surface area contributed by atoms with E-state index >= 15 is 0 Å². The van der Waals surface area contributed by atoms with Crippen molar-refractivity contribution in [3.63, 3.8) is 0 Å². The van der Waals surface area contributed by atoms with Crippen molar-refractivity contribution in [3.05, 3.63) is 33.8 Å².